The molecule has 0 aliphatic carbocycles. The van der Waals surface area contributed by atoms with Crippen LogP contribution in [0.3, 0.4) is 0 Å². The van der Waals surface area contributed by atoms with Crippen molar-refractivity contribution in [2.24, 2.45) is 0 Å². The van der Waals surface area contributed by atoms with Crippen LogP contribution in [0.1, 0.15) is 21.5 Å². The molecular formula is C25H27N3O5S. The first-order valence-electron chi connectivity index (χ1n) is 10.5. The third-order valence-electron chi connectivity index (χ3n) is 5.27. The molecule has 9 heteroatoms. The third-order valence-corrected chi connectivity index (χ3v) is 7.10. The van der Waals surface area contributed by atoms with E-state index in [1.165, 1.54) is 38.4 Å². The molecule has 0 unspecified atom stereocenters. The Morgan fingerprint density at radius 2 is 1.53 bits per heavy atom. The number of nitrogens with one attached hydrogen (secondary N) is 2. The van der Waals surface area contributed by atoms with Gasteiger partial charge in [-0.3, -0.25) is 4.79 Å². The number of benzene rings is 3. The minimum absolute atomic E-state index is 0.106. The number of rotatable bonds is 8. The number of para-hydroxylation sites is 1. The van der Waals surface area contributed by atoms with E-state index in [1.54, 1.807) is 24.3 Å². The van der Waals surface area contributed by atoms with Gasteiger partial charge in [0.15, 0.2) is 6.61 Å². The van der Waals surface area contributed by atoms with Gasteiger partial charge in [-0.05, 0) is 67.4 Å². The van der Waals surface area contributed by atoms with Crippen molar-refractivity contribution in [2.75, 3.05) is 31.3 Å². The van der Waals surface area contributed by atoms with Gasteiger partial charge < -0.3 is 15.4 Å². The molecule has 0 aromatic heterocycles. The molecule has 178 valence electrons. The van der Waals surface area contributed by atoms with Crippen molar-refractivity contribution in [1.29, 1.82) is 0 Å². The highest BCUT2D eigenvalue weighted by Crippen LogP contribution is 2.25. The quantitative estimate of drug-likeness (QED) is 0.470. The number of anilines is 3. The summed E-state index contributed by atoms with van der Waals surface area (Å²) in [6.07, 6.45) is 0. The molecule has 0 fully saturated rings. The number of esters is 1. The first-order valence-corrected chi connectivity index (χ1v) is 12.0. The minimum Gasteiger partial charge on any atom is -0.452 e. The summed E-state index contributed by atoms with van der Waals surface area (Å²) < 4.78 is 30.6. The van der Waals surface area contributed by atoms with Crippen LogP contribution in [-0.2, 0) is 19.6 Å². The van der Waals surface area contributed by atoms with E-state index in [9.17, 15) is 18.0 Å². The lowest BCUT2D eigenvalue weighted by Gasteiger charge is -2.15. The molecule has 3 rings (SSSR count). The van der Waals surface area contributed by atoms with Crippen LogP contribution < -0.4 is 10.6 Å². The molecule has 0 saturated carbocycles. The maximum Gasteiger partial charge on any atom is 0.340 e. The minimum atomic E-state index is -3.56. The number of hydrogen-bond donors (Lipinski definition) is 2. The Bertz CT molecular complexity index is 1300. The Hall–Kier alpha value is -3.69. The van der Waals surface area contributed by atoms with E-state index < -0.39 is 28.5 Å². The summed E-state index contributed by atoms with van der Waals surface area (Å²) in [5, 5.41) is 5.85. The second-order valence-electron chi connectivity index (χ2n) is 7.85. The summed E-state index contributed by atoms with van der Waals surface area (Å²) in [5.74, 6) is -1.19. The van der Waals surface area contributed by atoms with Crippen LogP contribution in [0.5, 0.6) is 0 Å². The molecule has 0 heterocycles. The zero-order chi connectivity index (χ0) is 24.9. The predicted molar refractivity (Wildman–Crippen MR) is 132 cm³/mol. The number of aryl methyl sites for hydroxylation is 1. The Kier molecular flexibility index (Phi) is 7.70. The monoisotopic (exact) mass is 481 g/mol. The van der Waals surface area contributed by atoms with Gasteiger partial charge in [0.1, 0.15) is 0 Å². The SMILES string of the molecule is Cc1cccc(Nc2ccccc2C(=O)OCC(=O)Nc2ccc(S(=O)(=O)N(C)C)cc2)c1C. The molecule has 0 spiro atoms. The zero-order valence-electron chi connectivity index (χ0n) is 19.5. The standard InChI is InChI=1S/C25H27N3O5S/c1-17-8-7-11-22(18(17)2)27-23-10-6-5-9-21(23)25(30)33-16-24(29)26-19-12-14-20(15-13-19)34(31,32)28(3)4/h5-15,27H,16H2,1-4H3,(H,26,29). The van der Waals surface area contributed by atoms with E-state index in [1.807, 2.05) is 32.0 Å². The van der Waals surface area contributed by atoms with Crippen LogP contribution >= 0.6 is 0 Å². The van der Waals surface area contributed by atoms with Crippen molar-refractivity contribution in [3.8, 4) is 0 Å². The van der Waals surface area contributed by atoms with Crippen LogP contribution in [0.25, 0.3) is 0 Å². The van der Waals surface area contributed by atoms with Gasteiger partial charge in [-0.1, -0.05) is 24.3 Å². The highest BCUT2D eigenvalue weighted by Gasteiger charge is 2.18. The van der Waals surface area contributed by atoms with Gasteiger partial charge in [-0.25, -0.2) is 17.5 Å². The van der Waals surface area contributed by atoms with Gasteiger partial charge in [0.25, 0.3) is 5.91 Å². The Morgan fingerprint density at radius 3 is 2.21 bits per heavy atom. The van der Waals surface area contributed by atoms with Gasteiger partial charge in [-0.2, -0.15) is 0 Å². The number of amides is 1. The second kappa shape index (κ2) is 10.5. The van der Waals surface area contributed by atoms with Crippen molar-refractivity contribution in [2.45, 2.75) is 18.7 Å². The molecule has 1 amide bonds. The molecule has 8 nitrogen and oxygen atoms in total. The molecule has 34 heavy (non-hydrogen) atoms. The van der Waals surface area contributed by atoms with E-state index in [2.05, 4.69) is 10.6 Å². The van der Waals surface area contributed by atoms with Gasteiger partial charge in [0, 0.05) is 25.5 Å². The molecule has 3 aromatic carbocycles. The lowest BCUT2D eigenvalue weighted by atomic mass is 10.1. The molecule has 0 radical (unpaired) electrons. The first kappa shape index (κ1) is 24.9. The largest absolute Gasteiger partial charge is 0.452 e. The molecule has 0 aliphatic rings. The van der Waals surface area contributed by atoms with Crippen LogP contribution in [0.4, 0.5) is 17.1 Å². The Balaban J connectivity index is 1.63. The van der Waals surface area contributed by atoms with Gasteiger partial charge >= 0.3 is 5.97 Å². The van der Waals surface area contributed by atoms with Crippen LogP contribution in [0.15, 0.2) is 71.6 Å². The van der Waals surface area contributed by atoms with E-state index >= 15 is 0 Å². The molecule has 3 aromatic rings. The predicted octanol–water partition coefficient (Wildman–Crippen LogP) is 4.09. The Labute approximate surface area is 199 Å². The van der Waals surface area contributed by atoms with Gasteiger partial charge in [0.05, 0.1) is 16.1 Å². The van der Waals surface area contributed by atoms with Crippen molar-refractivity contribution in [3.63, 3.8) is 0 Å². The summed E-state index contributed by atoms with van der Waals surface area (Å²) in [5.41, 5.74) is 4.31. The summed E-state index contributed by atoms with van der Waals surface area (Å²) in [6.45, 7) is 3.51. The van der Waals surface area contributed by atoms with E-state index in [0.717, 1.165) is 21.1 Å². The van der Waals surface area contributed by atoms with Gasteiger partial charge in [0.2, 0.25) is 10.0 Å². The topological polar surface area (TPSA) is 105 Å². The van der Waals surface area contributed by atoms with Crippen molar-refractivity contribution >= 4 is 39.0 Å². The van der Waals surface area contributed by atoms with Crippen molar-refractivity contribution in [3.05, 3.63) is 83.4 Å². The lowest BCUT2D eigenvalue weighted by Crippen LogP contribution is -2.23. The van der Waals surface area contributed by atoms with E-state index in [0.29, 0.717) is 16.9 Å². The van der Waals surface area contributed by atoms with Crippen molar-refractivity contribution in [1.82, 2.24) is 4.31 Å². The van der Waals surface area contributed by atoms with Gasteiger partial charge in [-0.15, -0.1) is 0 Å². The number of carbonyl (C=O) groups is 2. The highest BCUT2D eigenvalue weighted by atomic mass is 32.2. The Morgan fingerprint density at radius 1 is 0.882 bits per heavy atom. The summed E-state index contributed by atoms with van der Waals surface area (Å²) >= 11 is 0. The summed E-state index contributed by atoms with van der Waals surface area (Å²) in [6, 6.07) is 18.5. The number of hydrogen-bond acceptors (Lipinski definition) is 6. The lowest BCUT2D eigenvalue weighted by molar-refractivity contribution is -0.119. The molecular weight excluding hydrogens is 454 g/mol. The summed E-state index contributed by atoms with van der Waals surface area (Å²) in [7, 11) is -0.682. The fraction of sp³-hybridized carbons (Fsp3) is 0.200. The molecule has 0 aliphatic heterocycles. The normalized spacial score (nSPS) is 11.2. The number of sulfonamides is 1. The molecule has 0 bridgehead atoms. The first-order chi connectivity index (χ1) is 16.1. The maximum absolute atomic E-state index is 12.7. The molecule has 0 saturated heterocycles. The fourth-order valence-electron chi connectivity index (χ4n) is 3.13. The maximum atomic E-state index is 12.7. The zero-order valence-corrected chi connectivity index (χ0v) is 20.3. The van der Waals surface area contributed by atoms with Crippen LogP contribution in [-0.4, -0.2) is 45.3 Å². The molecule has 2 N–H and O–H groups in total. The van der Waals surface area contributed by atoms with E-state index in [4.69, 9.17) is 4.74 Å². The number of ether oxygens (including phenoxy) is 1. The smallest absolute Gasteiger partial charge is 0.340 e. The van der Waals surface area contributed by atoms with Crippen LogP contribution in [0, 0.1) is 13.8 Å². The summed E-state index contributed by atoms with van der Waals surface area (Å²) in [4.78, 5) is 25.0. The van der Waals surface area contributed by atoms with Crippen molar-refractivity contribution < 1.29 is 22.7 Å². The second-order valence-corrected chi connectivity index (χ2v) is 10.0. The fourth-order valence-corrected chi connectivity index (χ4v) is 4.03. The third kappa shape index (κ3) is 5.81. The number of nitrogens with zero attached hydrogens (tertiary/aromatic N) is 1. The number of carbonyl (C=O) groups excluding carboxylic acids is 2. The van der Waals surface area contributed by atoms with E-state index in [-0.39, 0.29) is 4.90 Å². The van der Waals surface area contributed by atoms with Crippen LogP contribution in [0.2, 0.25) is 0 Å². The average Bonchev–Trinajstić information content (AvgIpc) is 2.81. The highest BCUT2D eigenvalue weighted by molar-refractivity contribution is 7.89. The average molecular weight is 482 g/mol. The molecule has 0 atom stereocenters.